The van der Waals surface area contributed by atoms with Crippen molar-refractivity contribution >= 4 is 10.9 Å². The molecule has 2 nitrogen and oxygen atoms in total. The molecule has 2 heterocycles. The normalized spacial score (nSPS) is 15.4. The largest absolute Gasteiger partial charge is 0.312 e. The fourth-order valence-corrected chi connectivity index (χ4v) is 1.90. The average molecular weight is 183 g/mol. The van der Waals surface area contributed by atoms with Crippen molar-refractivity contribution in [2.45, 2.75) is 13.0 Å². The monoisotopic (exact) mass is 183 g/mol. The number of fused-ring (bicyclic) bond motifs is 2. The Morgan fingerprint density at radius 3 is 3.21 bits per heavy atom. The number of benzene rings is 1. The molecule has 69 valence electrons. The molecule has 0 saturated heterocycles. The summed E-state index contributed by atoms with van der Waals surface area (Å²) in [6.45, 7) is 1.94. The van der Waals surface area contributed by atoms with Crippen molar-refractivity contribution in [2.75, 3.05) is 6.54 Å². The van der Waals surface area contributed by atoms with Crippen molar-refractivity contribution in [2.24, 2.45) is 0 Å². The third kappa shape index (κ3) is 1.19. The molecule has 0 atom stereocenters. The van der Waals surface area contributed by atoms with E-state index in [1.165, 1.54) is 11.3 Å². The van der Waals surface area contributed by atoms with Gasteiger partial charge in [-0.25, -0.2) is 0 Å². The summed E-state index contributed by atoms with van der Waals surface area (Å²) in [6.07, 6.45) is 1.02. The molecule has 2 heteroatoms. The zero-order valence-corrected chi connectivity index (χ0v) is 7.88. The van der Waals surface area contributed by atoms with Gasteiger partial charge < -0.3 is 5.32 Å². The highest BCUT2D eigenvalue weighted by molar-refractivity contribution is 5.78. The maximum absolute atomic E-state index is 4.64. The Balaban J connectivity index is 2.27. The summed E-state index contributed by atoms with van der Waals surface area (Å²) in [5, 5.41) is 4.45. The predicted molar refractivity (Wildman–Crippen MR) is 56.0 cm³/mol. The molecule has 0 spiro atoms. The van der Waals surface area contributed by atoms with E-state index in [4.69, 9.17) is 0 Å². The molecule has 0 unspecified atom stereocenters. The molecular formula is C12H11N2. The van der Waals surface area contributed by atoms with Crippen molar-refractivity contribution in [3.05, 3.63) is 41.6 Å². The van der Waals surface area contributed by atoms with E-state index in [-0.39, 0.29) is 0 Å². The third-order valence-corrected chi connectivity index (χ3v) is 2.63. The van der Waals surface area contributed by atoms with Crippen molar-refractivity contribution in [3.63, 3.8) is 0 Å². The molecule has 1 radical (unpaired) electrons. The highest BCUT2D eigenvalue weighted by Crippen LogP contribution is 2.17. The van der Waals surface area contributed by atoms with Crippen LogP contribution in [0.15, 0.2) is 24.3 Å². The topological polar surface area (TPSA) is 24.9 Å². The van der Waals surface area contributed by atoms with Crippen LogP contribution in [0.4, 0.5) is 0 Å². The Kier molecular flexibility index (Phi) is 1.74. The number of para-hydroxylation sites is 1. The van der Waals surface area contributed by atoms with Gasteiger partial charge in [-0.05, 0) is 17.7 Å². The van der Waals surface area contributed by atoms with E-state index in [9.17, 15) is 0 Å². The van der Waals surface area contributed by atoms with Gasteiger partial charge >= 0.3 is 0 Å². The molecule has 3 rings (SSSR count). The average Bonchev–Trinajstić information content (AvgIpc) is 2.26. The van der Waals surface area contributed by atoms with Crippen LogP contribution in [0, 0.1) is 6.07 Å². The number of pyridine rings is 1. The van der Waals surface area contributed by atoms with Gasteiger partial charge in [0.15, 0.2) is 0 Å². The Bertz CT molecular complexity index is 432. The van der Waals surface area contributed by atoms with Crippen LogP contribution in [0.3, 0.4) is 0 Å². The summed E-state index contributed by atoms with van der Waals surface area (Å²) in [5.41, 5.74) is 3.51. The number of nitrogens with zero attached hydrogens (tertiary/aromatic N) is 1. The van der Waals surface area contributed by atoms with Gasteiger partial charge in [-0.15, -0.1) is 0 Å². The van der Waals surface area contributed by atoms with Crippen LogP contribution in [0.25, 0.3) is 10.9 Å². The Hall–Kier alpha value is -1.41. The minimum absolute atomic E-state index is 0.910. The van der Waals surface area contributed by atoms with Crippen LogP contribution in [0.1, 0.15) is 11.3 Å². The van der Waals surface area contributed by atoms with Crippen LogP contribution >= 0.6 is 0 Å². The minimum atomic E-state index is 0.910. The molecular weight excluding hydrogens is 172 g/mol. The van der Waals surface area contributed by atoms with Crippen LogP contribution in [0.2, 0.25) is 0 Å². The summed E-state index contributed by atoms with van der Waals surface area (Å²) < 4.78 is 0. The molecule has 0 bridgehead atoms. The van der Waals surface area contributed by atoms with E-state index in [2.05, 4.69) is 22.4 Å². The van der Waals surface area contributed by atoms with Gasteiger partial charge in [-0.2, -0.15) is 0 Å². The minimum Gasteiger partial charge on any atom is -0.312 e. The number of aromatic nitrogens is 1. The molecule has 0 amide bonds. The van der Waals surface area contributed by atoms with Gasteiger partial charge in [-0.3, -0.25) is 4.98 Å². The summed E-state index contributed by atoms with van der Waals surface area (Å²) in [4.78, 5) is 4.64. The lowest BCUT2D eigenvalue weighted by Crippen LogP contribution is -2.24. The van der Waals surface area contributed by atoms with Gasteiger partial charge in [0.1, 0.15) is 0 Å². The van der Waals surface area contributed by atoms with Gasteiger partial charge in [0.2, 0.25) is 0 Å². The van der Waals surface area contributed by atoms with E-state index < -0.39 is 0 Å². The predicted octanol–water partition coefficient (Wildman–Crippen LogP) is 1.68. The Labute approximate surface area is 83.0 Å². The van der Waals surface area contributed by atoms with Crippen molar-refractivity contribution < 1.29 is 0 Å². The van der Waals surface area contributed by atoms with Crippen LogP contribution < -0.4 is 5.32 Å². The van der Waals surface area contributed by atoms with Crippen molar-refractivity contribution in [1.82, 2.24) is 10.3 Å². The smallest absolute Gasteiger partial charge is 0.0711 e. The number of hydrogen-bond acceptors (Lipinski definition) is 2. The fourth-order valence-electron chi connectivity index (χ4n) is 1.90. The van der Waals surface area contributed by atoms with Gasteiger partial charge in [-0.1, -0.05) is 18.2 Å². The van der Waals surface area contributed by atoms with Gasteiger partial charge in [0, 0.05) is 30.6 Å². The second-order valence-corrected chi connectivity index (χ2v) is 3.61. The summed E-state index contributed by atoms with van der Waals surface area (Å²) in [6, 6.07) is 11.6. The molecule has 0 fully saturated rings. The maximum atomic E-state index is 4.64. The van der Waals surface area contributed by atoms with Gasteiger partial charge in [0.25, 0.3) is 0 Å². The quantitative estimate of drug-likeness (QED) is 0.672. The maximum Gasteiger partial charge on any atom is 0.0711 e. The summed E-state index contributed by atoms with van der Waals surface area (Å²) in [5.74, 6) is 0. The fraction of sp³-hybridized carbons (Fsp3) is 0.250. The first-order valence-electron chi connectivity index (χ1n) is 4.94. The molecule has 0 saturated carbocycles. The molecule has 14 heavy (non-hydrogen) atoms. The van der Waals surface area contributed by atoms with E-state index in [0.29, 0.717) is 0 Å². The lowest BCUT2D eigenvalue weighted by molar-refractivity contribution is 0.632. The molecule has 1 aromatic carbocycles. The lowest BCUT2D eigenvalue weighted by atomic mass is 10.0. The highest BCUT2D eigenvalue weighted by atomic mass is 14.9. The second kappa shape index (κ2) is 3.07. The molecule has 1 aliphatic heterocycles. The first-order chi connectivity index (χ1) is 6.93. The number of rotatable bonds is 0. The van der Waals surface area contributed by atoms with E-state index in [1.54, 1.807) is 0 Å². The zero-order chi connectivity index (χ0) is 9.38. The number of nitrogens with one attached hydrogen (secondary N) is 1. The summed E-state index contributed by atoms with van der Waals surface area (Å²) in [7, 11) is 0. The van der Waals surface area contributed by atoms with E-state index in [1.807, 2.05) is 18.2 Å². The molecule has 1 N–H and O–H groups in total. The second-order valence-electron chi connectivity index (χ2n) is 3.61. The van der Waals surface area contributed by atoms with Gasteiger partial charge in [0.05, 0.1) is 5.52 Å². The first-order valence-corrected chi connectivity index (χ1v) is 4.94. The molecule has 1 aliphatic rings. The first kappa shape index (κ1) is 7.94. The highest BCUT2D eigenvalue weighted by Gasteiger charge is 2.10. The third-order valence-electron chi connectivity index (χ3n) is 2.63. The summed E-state index contributed by atoms with van der Waals surface area (Å²) >= 11 is 0. The van der Waals surface area contributed by atoms with Crippen molar-refractivity contribution in [3.8, 4) is 0 Å². The Morgan fingerprint density at radius 1 is 1.29 bits per heavy atom. The lowest BCUT2D eigenvalue weighted by Gasteiger charge is -2.16. The zero-order valence-electron chi connectivity index (χ0n) is 7.88. The van der Waals surface area contributed by atoms with Crippen molar-refractivity contribution in [1.29, 1.82) is 0 Å². The van der Waals surface area contributed by atoms with Crippen LogP contribution in [-0.4, -0.2) is 11.5 Å². The Morgan fingerprint density at radius 2 is 2.21 bits per heavy atom. The molecule has 1 aromatic heterocycles. The van der Waals surface area contributed by atoms with E-state index in [0.717, 1.165) is 30.4 Å². The SMILES string of the molecule is [c]1c2c(nc3ccccc13)CCNC2. The standard InChI is InChI=1S/C12H11N2/c1-2-4-11-9(3-1)7-10-8-13-6-5-12(10)14-11/h1-4,13H,5-6,8H2. The molecule has 2 aromatic rings. The number of hydrogen-bond donors (Lipinski definition) is 1. The van der Waals surface area contributed by atoms with E-state index >= 15 is 0 Å². The van der Waals surface area contributed by atoms with Crippen LogP contribution in [0.5, 0.6) is 0 Å². The molecule has 0 aliphatic carbocycles. The van der Waals surface area contributed by atoms with Crippen LogP contribution in [-0.2, 0) is 13.0 Å².